The van der Waals surface area contributed by atoms with E-state index in [9.17, 15) is 29.1 Å². The lowest BCUT2D eigenvalue weighted by Crippen LogP contribution is -2.47. The van der Waals surface area contributed by atoms with Gasteiger partial charge in [0.05, 0.1) is 11.4 Å². The van der Waals surface area contributed by atoms with Crippen LogP contribution in [-0.2, 0) is 32.3 Å². The Hall–Kier alpha value is -4.59. The molecule has 6 N–H and O–H groups in total. The SMILES string of the molecule is CC(CN(Cc1ccccn1)Cc1ccccn1)NC(=O)CC(C)C(=O)NCCCCC(NC(=O)NCC(=O)O)C(=O)O. The molecule has 3 atom stereocenters. The van der Waals surface area contributed by atoms with E-state index in [2.05, 4.69) is 30.8 Å². The first-order valence-corrected chi connectivity index (χ1v) is 14.1. The van der Waals surface area contributed by atoms with Crippen LogP contribution in [0, 0.1) is 5.92 Å². The third-order valence-electron chi connectivity index (χ3n) is 6.32. The molecule has 0 saturated heterocycles. The molecule has 0 aliphatic heterocycles. The molecular formula is C29H41N7O7. The van der Waals surface area contributed by atoms with E-state index >= 15 is 0 Å². The Bertz CT molecular complexity index is 1140. The standard InChI is InChI=1S/C29H41N7O7/c1-20(27(40)32-14-8-5-11-24(28(41)42)35-29(43)33-16-26(38)39)15-25(37)34-21(2)17-36(18-22-9-3-6-12-30-22)19-23-10-4-7-13-31-23/h3-4,6-7,9-10,12-13,20-21,24H,5,8,11,14-19H2,1-2H3,(H,32,40)(H,34,37)(H,38,39)(H,41,42)(H2,33,35,43). The zero-order valence-corrected chi connectivity index (χ0v) is 24.5. The molecule has 3 unspecified atom stereocenters. The number of rotatable bonds is 19. The van der Waals surface area contributed by atoms with Crippen LogP contribution in [0.1, 0.15) is 50.9 Å². The normalized spacial score (nSPS) is 12.9. The van der Waals surface area contributed by atoms with Crippen LogP contribution < -0.4 is 21.3 Å². The number of carbonyl (C=O) groups excluding carboxylic acids is 3. The van der Waals surface area contributed by atoms with Gasteiger partial charge >= 0.3 is 18.0 Å². The molecule has 0 bridgehead atoms. The fraction of sp³-hybridized carbons (Fsp3) is 0.483. The van der Waals surface area contributed by atoms with Crippen molar-refractivity contribution in [3.63, 3.8) is 0 Å². The minimum Gasteiger partial charge on any atom is -0.480 e. The van der Waals surface area contributed by atoms with Crippen molar-refractivity contribution in [2.45, 2.75) is 64.7 Å². The second-order valence-electron chi connectivity index (χ2n) is 10.3. The summed E-state index contributed by atoms with van der Waals surface area (Å²) >= 11 is 0. The molecule has 0 fully saturated rings. The minimum absolute atomic E-state index is 0.00706. The number of carboxylic acids is 2. The van der Waals surface area contributed by atoms with Gasteiger partial charge in [0.1, 0.15) is 12.6 Å². The molecule has 2 rings (SSSR count). The van der Waals surface area contributed by atoms with Crippen LogP contribution in [0.2, 0.25) is 0 Å². The molecule has 43 heavy (non-hydrogen) atoms. The summed E-state index contributed by atoms with van der Waals surface area (Å²) in [6.07, 6.45) is 4.42. The number of nitrogens with one attached hydrogen (secondary N) is 4. The predicted octanol–water partition coefficient (Wildman–Crippen LogP) is 1.13. The highest BCUT2D eigenvalue weighted by atomic mass is 16.4. The topological polar surface area (TPSA) is 203 Å². The summed E-state index contributed by atoms with van der Waals surface area (Å²) < 4.78 is 0. The number of unbranched alkanes of at least 4 members (excludes halogenated alkanes) is 1. The molecule has 2 aromatic heterocycles. The Morgan fingerprint density at radius 3 is 2.02 bits per heavy atom. The number of carboxylic acid groups (broad SMARTS) is 2. The van der Waals surface area contributed by atoms with Gasteiger partial charge in [-0.1, -0.05) is 19.1 Å². The van der Waals surface area contributed by atoms with E-state index in [0.717, 1.165) is 11.4 Å². The van der Waals surface area contributed by atoms with Crippen molar-refractivity contribution in [1.82, 2.24) is 36.1 Å². The van der Waals surface area contributed by atoms with Crippen LogP contribution >= 0.6 is 0 Å². The summed E-state index contributed by atoms with van der Waals surface area (Å²) in [5, 5.41) is 27.8. The van der Waals surface area contributed by atoms with Crippen molar-refractivity contribution >= 4 is 29.8 Å². The highest BCUT2D eigenvalue weighted by Crippen LogP contribution is 2.09. The number of nitrogens with zero attached hydrogens (tertiary/aromatic N) is 3. The summed E-state index contributed by atoms with van der Waals surface area (Å²) in [6.45, 7) is 4.92. The molecule has 2 aromatic rings. The Balaban J connectivity index is 1.73. The molecule has 4 amide bonds. The maximum absolute atomic E-state index is 12.7. The van der Waals surface area contributed by atoms with Crippen LogP contribution in [0.15, 0.2) is 48.8 Å². The molecule has 0 aromatic carbocycles. The average Bonchev–Trinajstić information content (AvgIpc) is 2.95. The maximum atomic E-state index is 12.7. The van der Waals surface area contributed by atoms with Crippen molar-refractivity contribution in [3.05, 3.63) is 60.2 Å². The summed E-state index contributed by atoms with van der Waals surface area (Å²) in [5.74, 6) is -3.62. The Labute approximate surface area is 250 Å². The molecule has 0 spiro atoms. The number of aliphatic carboxylic acids is 2. The molecule has 14 heteroatoms. The molecular weight excluding hydrogens is 558 g/mol. The molecule has 234 valence electrons. The second kappa shape index (κ2) is 18.8. The predicted molar refractivity (Wildman–Crippen MR) is 156 cm³/mol. The largest absolute Gasteiger partial charge is 0.480 e. The minimum atomic E-state index is -1.25. The van der Waals surface area contributed by atoms with Gasteiger partial charge in [0.25, 0.3) is 0 Å². The highest BCUT2D eigenvalue weighted by Gasteiger charge is 2.21. The number of carbonyl (C=O) groups is 5. The first-order valence-electron chi connectivity index (χ1n) is 14.1. The van der Waals surface area contributed by atoms with Crippen molar-refractivity contribution in [1.29, 1.82) is 0 Å². The zero-order chi connectivity index (χ0) is 31.6. The quantitative estimate of drug-likeness (QED) is 0.127. The van der Waals surface area contributed by atoms with Crippen molar-refractivity contribution in [3.8, 4) is 0 Å². The third-order valence-corrected chi connectivity index (χ3v) is 6.32. The zero-order valence-electron chi connectivity index (χ0n) is 24.5. The molecule has 0 aliphatic carbocycles. The molecule has 0 radical (unpaired) electrons. The number of aromatic nitrogens is 2. The van der Waals surface area contributed by atoms with Crippen LogP contribution in [-0.4, -0.2) is 86.6 Å². The lowest BCUT2D eigenvalue weighted by Gasteiger charge is -2.26. The van der Waals surface area contributed by atoms with Gasteiger partial charge < -0.3 is 31.5 Å². The van der Waals surface area contributed by atoms with E-state index in [-0.39, 0.29) is 37.2 Å². The fourth-order valence-electron chi connectivity index (χ4n) is 4.25. The number of hydrogen-bond acceptors (Lipinski definition) is 8. The Morgan fingerprint density at radius 1 is 0.860 bits per heavy atom. The molecule has 2 heterocycles. The number of amides is 4. The monoisotopic (exact) mass is 599 g/mol. The van der Waals surface area contributed by atoms with E-state index in [1.54, 1.807) is 19.3 Å². The molecule has 0 aliphatic rings. The van der Waals surface area contributed by atoms with Gasteiger partial charge in [-0.3, -0.25) is 29.3 Å². The fourth-order valence-corrected chi connectivity index (χ4v) is 4.25. The van der Waals surface area contributed by atoms with Gasteiger partial charge in [-0.2, -0.15) is 0 Å². The van der Waals surface area contributed by atoms with Gasteiger partial charge in [0, 0.05) is 57.0 Å². The first-order chi connectivity index (χ1) is 20.5. The van der Waals surface area contributed by atoms with E-state index in [1.165, 1.54) is 0 Å². The summed E-state index contributed by atoms with van der Waals surface area (Å²) in [5.41, 5.74) is 1.80. The van der Waals surface area contributed by atoms with E-state index in [0.29, 0.717) is 32.5 Å². The summed E-state index contributed by atoms with van der Waals surface area (Å²) in [4.78, 5) is 69.7. The lowest BCUT2D eigenvalue weighted by atomic mass is 10.1. The van der Waals surface area contributed by atoms with Crippen LogP contribution in [0.4, 0.5) is 4.79 Å². The van der Waals surface area contributed by atoms with Gasteiger partial charge in [0.15, 0.2) is 0 Å². The van der Waals surface area contributed by atoms with Crippen LogP contribution in [0.5, 0.6) is 0 Å². The van der Waals surface area contributed by atoms with E-state index in [1.807, 2.05) is 48.6 Å². The third kappa shape index (κ3) is 14.7. The van der Waals surface area contributed by atoms with E-state index in [4.69, 9.17) is 5.11 Å². The Kier molecular flexibility index (Phi) is 15.1. The summed E-state index contributed by atoms with van der Waals surface area (Å²) in [6, 6.07) is 9.17. The number of pyridine rings is 2. The van der Waals surface area contributed by atoms with Crippen molar-refractivity contribution in [2.24, 2.45) is 5.92 Å². The van der Waals surface area contributed by atoms with Crippen LogP contribution in [0.3, 0.4) is 0 Å². The van der Waals surface area contributed by atoms with Gasteiger partial charge in [-0.05, 0) is 50.5 Å². The maximum Gasteiger partial charge on any atom is 0.326 e. The highest BCUT2D eigenvalue weighted by molar-refractivity contribution is 5.86. The molecule has 0 saturated carbocycles. The van der Waals surface area contributed by atoms with Crippen molar-refractivity contribution < 1.29 is 34.2 Å². The second-order valence-corrected chi connectivity index (χ2v) is 10.3. The van der Waals surface area contributed by atoms with Crippen molar-refractivity contribution in [2.75, 3.05) is 19.6 Å². The average molecular weight is 600 g/mol. The van der Waals surface area contributed by atoms with Gasteiger partial charge in [0.2, 0.25) is 11.8 Å². The van der Waals surface area contributed by atoms with E-state index < -0.39 is 36.5 Å². The number of hydrogen-bond donors (Lipinski definition) is 6. The van der Waals surface area contributed by atoms with Gasteiger partial charge in [-0.15, -0.1) is 0 Å². The summed E-state index contributed by atoms with van der Waals surface area (Å²) in [7, 11) is 0. The van der Waals surface area contributed by atoms with Crippen LogP contribution in [0.25, 0.3) is 0 Å². The number of urea groups is 1. The smallest absolute Gasteiger partial charge is 0.326 e. The lowest BCUT2D eigenvalue weighted by molar-refractivity contribution is -0.139. The van der Waals surface area contributed by atoms with Gasteiger partial charge in [-0.25, -0.2) is 9.59 Å². The Morgan fingerprint density at radius 2 is 1.49 bits per heavy atom. The first kappa shape index (κ1) is 34.6. The molecule has 14 nitrogen and oxygen atoms in total.